The van der Waals surface area contributed by atoms with Gasteiger partial charge >= 0.3 is 0 Å². The van der Waals surface area contributed by atoms with Crippen LogP contribution in [0.25, 0.3) is 21.9 Å². The number of rotatable bonds is 2. The minimum atomic E-state index is 0.730. The van der Waals surface area contributed by atoms with Gasteiger partial charge in [0.25, 0.3) is 0 Å². The molecule has 0 bridgehead atoms. The summed E-state index contributed by atoms with van der Waals surface area (Å²) in [7, 11) is 0. The second kappa shape index (κ2) is 5.96. The maximum Gasteiger partial charge on any atom is -0.0143 e. The Labute approximate surface area is 132 Å². The van der Waals surface area contributed by atoms with Crippen LogP contribution in [0.4, 0.5) is 0 Å². The van der Waals surface area contributed by atoms with Crippen LogP contribution in [-0.2, 0) is 0 Å². The van der Waals surface area contributed by atoms with Gasteiger partial charge in [-0.2, -0.15) is 0 Å². The highest BCUT2D eigenvalue weighted by Gasteiger charge is 2.19. The molecule has 1 saturated carbocycles. The molecule has 0 spiro atoms. The molecular weight excluding hydrogens is 264 g/mol. The topological polar surface area (TPSA) is 0 Å². The van der Waals surface area contributed by atoms with Crippen molar-refractivity contribution in [2.45, 2.75) is 38.0 Å². The van der Waals surface area contributed by atoms with Gasteiger partial charge in [-0.3, -0.25) is 0 Å². The van der Waals surface area contributed by atoms with Gasteiger partial charge < -0.3 is 0 Å². The molecule has 0 amide bonds. The summed E-state index contributed by atoms with van der Waals surface area (Å²) in [6, 6.07) is 24.5. The summed E-state index contributed by atoms with van der Waals surface area (Å²) in [6.45, 7) is 0. The predicted octanol–water partition coefficient (Wildman–Crippen LogP) is 6.55. The van der Waals surface area contributed by atoms with E-state index in [1.54, 1.807) is 5.56 Å². The van der Waals surface area contributed by atoms with Crippen molar-refractivity contribution in [1.29, 1.82) is 0 Å². The van der Waals surface area contributed by atoms with Gasteiger partial charge in [0.1, 0.15) is 0 Å². The maximum atomic E-state index is 2.45. The zero-order chi connectivity index (χ0) is 14.8. The highest BCUT2D eigenvalue weighted by Crippen LogP contribution is 2.40. The number of hydrogen-bond acceptors (Lipinski definition) is 0. The molecule has 4 rings (SSSR count). The second-order valence-electron chi connectivity index (χ2n) is 6.49. The van der Waals surface area contributed by atoms with Crippen molar-refractivity contribution in [2.24, 2.45) is 0 Å². The lowest BCUT2D eigenvalue weighted by Crippen LogP contribution is -2.06. The summed E-state index contributed by atoms with van der Waals surface area (Å²) < 4.78 is 0. The molecule has 1 aliphatic carbocycles. The third-order valence-electron chi connectivity index (χ3n) is 5.05. The van der Waals surface area contributed by atoms with Crippen LogP contribution in [0.15, 0.2) is 66.7 Å². The van der Waals surface area contributed by atoms with Gasteiger partial charge in [0, 0.05) is 0 Å². The Morgan fingerprint density at radius 2 is 1.27 bits per heavy atom. The van der Waals surface area contributed by atoms with E-state index in [-0.39, 0.29) is 0 Å². The molecule has 0 saturated heterocycles. The first-order chi connectivity index (χ1) is 10.9. The summed E-state index contributed by atoms with van der Waals surface area (Å²) >= 11 is 0. The van der Waals surface area contributed by atoms with E-state index >= 15 is 0 Å². The monoisotopic (exact) mass is 286 g/mol. The Morgan fingerprint density at radius 3 is 2.00 bits per heavy atom. The maximum absolute atomic E-state index is 2.45. The molecule has 0 aliphatic heterocycles. The molecule has 1 aliphatic rings. The highest BCUT2D eigenvalue weighted by molar-refractivity contribution is 5.89. The third kappa shape index (κ3) is 2.54. The quantitative estimate of drug-likeness (QED) is 0.500. The largest absolute Gasteiger partial charge is 0.0622 e. The molecule has 0 aromatic heterocycles. The molecule has 0 atom stereocenters. The molecule has 0 heterocycles. The fourth-order valence-electron chi connectivity index (χ4n) is 3.88. The van der Waals surface area contributed by atoms with E-state index in [9.17, 15) is 0 Å². The van der Waals surface area contributed by atoms with Crippen molar-refractivity contribution in [3.05, 3.63) is 72.3 Å². The van der Waals surface area contributed by atoms with Crippen molar-refractivity contribution in [1.82, 2.24) is 0 Å². The number of fused-ring (bicyclic) bond motifs is 1. The smallest absolute Gasteiger partial charge is 0.0143 e. The van der Waals surface area contributed by atoms with Gasteiger partial charge in [0.05, 0.1) is 0 Å². The highest BCUT2D eigenvalue weighted by atomic mass is 14.2. The van der Waals surface area contributed by atoms with Crippen LogP contribution in [0.2, 0.25) is 0 Å². The first kappa shape index (κ1) is 13.6. The van der Waals surface area contributed by atoms with E-state index in [1.807, 2.05) is 0 Å². The first-order valence-corrected chi connectivity index (χ1v) is 8.50. The zero-order valence-electron chi connectivity index (χ0n) is 13.0. The normalized spacial score (nSPS) is 16.0. The Kier molecular flexibility index (Phi) is 3.68. The Hall–Kier alpha value is -2.08. The number of benzene rings is 3. The molecule has 22 heavy (non-hydrogen) atoms. The molecule has 110 valence electrons. The van der Waals surface area contributed by atoms with Gasteiger partial charge in [0.15, 0.2) is 0 Å². The van der Waals surface area contributed by atoms with E-state index in [1.165, 1.54) is 54.0 Å². The average molecular weight is 286 g/mol. The van der Waals surface area contributed by atoms with Crippen molar-refractivity contribution in [3.63, 3.8) is 0 Å². The van der Waals surface area contributed by atoms with Gasteiger partial charge in [-0.25, -0.2) is 0 Å². The van der Waals surface area contributed by atoms with Gasteiger partial charge in [-0.05, 0) is 52.3 Å². The molecular formula is C22H22. The van der Waals surface area contributed by atoms with Crippen molar-refractivity contribution in [2.75, 3.05) is 0 Å². The van der Waals surface area contributed by atoms with Crippen LogP contribution < -0.4 is 0 Å². The molecule has 3 aromatic carbocycles. The van der Waals surface area contributed by atoms with E-state index in [2.05, 4.69) is 66.7 Å². The summed E-state index contributed by atoms with van der Waals surface area (Å²) in [6.07, 6.45) is 6.86. The zero-order valence-corrected chi connectivity index (χ0v) is 13.0. The van der Waals surface area contributed by atoms with Crippen LogP contribution in [0.3, 0.4) is 0 Å². The van der Waals surface area contributed by atoms with Crippen LogP contribution in [0.5, 0.6) is 0 Å². The van der Waals surface area contributed by atoms with Crippen LogP contribution >= 0.6 is 0 Å². The molecule has 0 unspecified atom stereocenters. The van der Waals surface area contributed by atoms with Crippen LogP contribution in [-0.4, -0.2) is 0 Å². The first-order valence-electron chi connectivity index (χ1n) is 8.50. The standard InChI is InChI=1S/C22H22/c1-3-9-17(10-4-1)21-15-19-13-7-8-14-20(19)16-22(21)18-11-5-2-6-12-18/h1,3-4,7-10,13-16,18H,2,5-6,11-12H2. The molecule has 0 radical (unpaired) electrons. The molecule has 0 nitrogen and oxygen atoms in total. The Morgan fingerprint density at radius 1 is 0.636 bits per heavy atom. The van der Waals surface area contributed by atoms with E-state index in [0.29, 0.717) is 0 Å². The summed E-state index contributed by atoms with van der Waals surface area (Å²) in [4.78, 5) is 0. The second-order valence-corrected chi connectivity index (χ2v) is 6.49. The van der Waals surface area contributed by atoms with Crippen molar-refractivity contribution >= 4 is 10.8 Å². The van der Waals surface area contributed by atoms with Gasteiger partial charge in [0.2, 0.25) is 0 Å². The lowest BCUT2D eigenvalue weighted by Gasteiger charge is -2.25. The Balaban J connectivity index is 1.91. The average Bonchev–Trinajstić information content (AvgIpc) is 2.62. The lowest BCUT2D eigenvalue weighted by molar-refractivity contribution is 0.444. The predicted molar refractivity (Wildman–Crippen MR) is 95.2 cm³/mol. The third-order valence-corrected chi connectivity index (χ3v) is 5.05. The van der Waals surface area contributed by atoms with E-state index in [0.717, 1.165) is 5.92 Å². The Bertz CT molecular complexity index is 764. The van der Waals surface area contributed by atoms with Gasteiger partial charge in [-0.15, -0.1) is 0 Å². The molecule has 3 aromatic rings. The molecule has 1 fully saturated rings. The minimum absolute atomic E-state index is 0.730. The molecule has 0 N–H and O–H groups in total. The summed E-state index contributed by atoms with van der Waals surface area (Å²) in [5.41, 5.74) is 4.35. The van der Waals surface area contributed by atoms with E-state index < -0.39 is 0 Å². The fraction of sp³-hybridized carbons (Fsp3) is 0.273. The summed E-state index contributed by atoms with van der Waals surface area (Å²) in [5, 5.41) is 2.73. The SMILES string of the molecule is c1ccc(-c2cc3ccccc3cc2C2CCCCC2)cc1. The van der Waals surface area contributed by atoms with Crippen molar-refractivity contribution in [3.8, 4) is 11.1 Å². The minimum Gasteiger partial charge on any atom is -0.0622 e. The summed E-state index contributed by atoms with van der Waals surface area (Å²) in [5.74, 6) is 0.730. The fourth-order valence-corrected chi connectivity index (χ4v) is 3.88. The lowest BCUT2D eigenvalue weighted by atomic mass is 9.80. The van der Waals surface area contributed by atoms with Crippen molar-refractivity contribution < 1.29 is 0 Å². The molecule has 0 heteroatoms. The van der Waals surface area contributed by atoms with E-state index in [4.69, 9.17) is 0 Å². The van der Waals surface area contributed by atoms with Gasteiger partial charge in [-0.1, -0.05) is 79.9 Å². The van der Waals surface area contributed by atoms with Crippen LogP contribution in [0.1, 0.15) is 43.6 Å². The van der Waals surface area contributed by atoms with Crippen LogP contribution in [0, 0.1) is 0 Å². The number of hydrogen-bond donors (Lipinski definition) is 0.